The van der Waals surface area contributed by atoms with E-state index in [2.05, 4.69) is 48.2 Å². The normalized spacial score (nSPS) is 11.3. The lowest BCUT2D eigenvalue weighted by atomic mass is 9.98. The summed E-state index contributed by atoms with van der Waals surface area (Å²) in [6.45, 7) is 2.01. The molecule has 0 aliphatic carbocycles. The Bertz CT molecular complexity index is 3290. The zero-order valence-corrected chi connectivity index (χ0v) is 34.9. The first-order valence-corrected chi connectivity index (χ1v) is 21.8. The summed E-state index contributed by atoms with van der Waals surface area (Å²) in [5.41, 5.74) is 8.14. The predicted molar refractivity (Wildman–Crippen MR) is 254 cm³/mol. The summed E-state index contributed by atoms with van der Waals surface area (Å²) in [6, 6.07) is 49.9. The molecule has 62 heavy (non-hydrogen) atoms. The van der Waals surface area contributed by atoms with E-state index in [1.54, 1.807) is 0 Å². The molecule has 0 aliphatic rings. The first-order chi connectivity index (χ1) is 30.6. The van der Waals surface area contributed by atoms with Crippen molar-refractivity contribution in [3.63, 3.8) is 0 Å². The maximum absolute atomic E-state index is 13.3. The summed E-state index contributed by atoms with van der Waals surface area (Å²) in [4.78, 5) is 36.7. The van der Waals surface area contributed by atoms with Gasteiger partial charge in [-0.3, -0.25) is 14.6 Å². The van der Waals surface area contributed by atoms with Gasteiger partial charge in [0.1, 0.15) is 11.6 Å². The summed E-state index contributed by atoms with van der Waals surface area (Å²) >= 11 is 2.91. The number of para-hydroxylation sites is 2. The van der Waals surface area contributed by atoms with Crippen LogP contribution in [0.2, 0.25) is 0 Å². The number of nitrogens with one attached hydrogen (secondary N) is 4. The summed E-state index contributed by atoms with van der Waals surface area (Å²) in [6.07, 6.45) is 1.85. The highest BCUT2D eigenvalue weighted by molar-refractivity contribution is 7.14. The molecule has 0 atom stereocenters. The fourth-order valence-electron chi connectivity index (χ4n) is 7.67. The Labute approximate surface area is 365 Å². The molecule has 6 aromatic carbocycles. The second-order valence-corrected chi connectivity index (χ2v) is 16.4. The van der Waals surface area contributed by atoms with Gasteiger partial charge in [-0.25, -0.2) is 4.98 Å². The molecule has 0 saturated heterocycles. The Kier molecular flexibility index (Phi) is 10.7. The highest BCUT2D eigenvalue weighted by atomic mass is 32.1. The molecule has 10 nitrogen and oxygen atoms in total. The number of pyridine rings is 2. The SMILES string of the molecule is O=C(NCCNc1nsc2ccccc12)c1cccc(-c2cnc3c(-c4ccc5cccc(-c6cccc(C(=O)NCCNc7nsc8ccccc78)c6)c5n4)cccc3c2)c1. The van der Waals surface area contributed by atoms with Crippen LogP contribution in [-0.4, -0.2) is 56.7 Å². The highest BCUT2D eigenvalue weighted by Crippen LogP contribution is 2.34. The number of hydrogen-bond donors (Lipinski definition) is 4. The Morgan fingerprint density at radius 2 is 1.06 bits per heavy atom. The van der Waals surface area contributed by atoms with Gasteiger partial charge in [0.25, 0.3) is 11.8 Å². The number of nitrogens with zero attached hydrogens (tertiary/aromatic N) is 4. The van der Waals surface area contributed by atoms with E-state index in [0.29, 0.717) is 37.3 Å². The molecule has 10 rings (SSSR count). The highest BCUT2D eigenvalue weighted by Gasteiger charge is 2.15. The standard InChI is InChI=1S/C50H38N8O2S2/c59-49(53-25-23-51-47-40-15-1-3-19-43(40)61-57-47)35-13-5-10-32(27-35)37-29-34-12-8-18-39(45(34)55-30-37)42-22-21-31-9-7-17-38(46(31)56-42)33-11-6-14-36(28-33)50(60)54-26-24-52-48-41-16-2-4-20-44(41)62-58-48/h1-22,27-30H,23-26H2,(H,51,57)(H,52,58)(H,53,59)(H,54,60). The first-order valence-electron chi connectivity index (χ1n) is 20.3. The van der Waals surface area contributed by atoms with Crippen LogP contribution in [0.15, 0.2) is 158 Å². The minimum Gasteiger partial charge on any atom is -0.367 e. The molecule has 0 saturated carbocycles. The van der Waals surface area contributed by atoms with Crippen LogP contribution in [-0.2, 0) is 0 Å². The van der Waals surface area contributed by atoms with Crippen molar-refractivity contribution < 1.29 is 9.59 Å². The summed E-state index contributed by atoms with van der Waals surface area (Å²) in [5.74, 6) is 1.38. The monoisotopic (exact) mass is 846 g/mol. The van der Waals surface area contributed by atoms with Gasteiger partial charge in [-0.15, -0.1) is 0 Å². The van der Waals surface area contributed by atoms with Crippen molar-refractivity contribution in [2.24, 2.45) is 0 Å². The molecule has 0 fully saturated rings. The van der Waals surface area contributed by atoms with Crippen molar-refractivity contribution in [1.82, 2.24) is 29.3 Å². The van der Waals surface area contributed by atoms with E-state index in [9.17, 15) is 9.59 Å². The maximum Gasteiger partial charge on any atom is 0.251 e. The number of hydrogen-bond acceptors (Lipinski definition) is 10. The number of carbonyl (C=O) groups excluding carboxylic acids is 2. The van der Waals surface area contributed by atoms with Crippen molar-refractivity contribution in [3.8, 4) is 33.5 Å². The minimum absolute atomic E-state index is 0.144. The lowest BCUT2D eigenvalue weighted by Gasteiger charge is -2.12. The zero-order chi connectivity index (χ0) is 41.8. The van der Waals surface area contributed by atoms with E-state index in [0.717, 1.165) is 87.1 Å². The molecule has 4 heterocycles. The van der Waals surface area contributed by atoms with E-state index in [1.807, 2.05) is 140 Å². The Morgan fingerprint density at radius 3 is 1.74 bits per heavy atom. The smallest absolute Gasteiger partial charge is 0.251 e. The fourth-order valence-corrected chi connectivity index (χ4v) is 9.18. The van der Waals surface area contributed by atoms with Crippen LogP contribution in [0.25, 0.3) is 75.5 Å². The molecule has 2 amide bonds. The predicted octanol–water partition coefficient (Wildman–Crippen LogP) is 10.7. The van der Waals surface area contributed by atoms with Crippen LogP contribution in [0.1, 0.15) is 20.7 Å². The van der Waals surface area contributed by atoms with Gasteiger partial charge >= 0.3 is 0 Å². The third-order valence-corrected chi connectivity index (χ3v) is 12.4. The van der Waals surface area contributed by atoms with Crippen molar-refractivity contribution in [3.05, 3.63) is 169 Å². The molecule has 0 unspecified atom stereocenters. The second-order valence-electron chi connectivity index (χ2n) is 14.8. The van der Waals surface area contributed by atoms with Crippen LogP contribution in [0, 0.1) is 0 Å². The number of anilines is 2. The first kappa shape index (κ1) is 38.6. The van der Waals surface area contributed by atoms with Gasteiger partial charge in [0.2, 0.25) is 0 Å². The number of fused-ring (bicyclic) bond motifs is 4. The van der Waals surface area contributed by atoms with Gasteiger partial charge in [0, 0.05) is 81.7 Å². The van der Waals surface area contributed by atoms with Crippen LogP contribution in [0.4, 0.5) is 11.6 Å². The van der Waals surface area contributed by atoms with Crippen LogP contribution in [0.5, 0.6) is 0 Å². The van der Waals surface area contributed by atoms with Gasteiger partial charge in [-0.2, -0.15) is 8.75 Å². The molecule has 10 aromatic rings. The average Bonchev–Trinajstić information content (AvgIpc) is 3.95. The van der Waals surface area contributed by atoms with E-state index >= 15 is 0 Å². The van der Waals surface area contributed by atoms with Gasteiger partial charge < -0.3 is 21.3 Å². The van der Waals surface area contributed by atoms with E-state index in [-0.39, 0.29) is 11.8 Å². The zero-order valence-electron chi connectivity index (χ0n) is 33.3. The summed E-state index contributed by atoms with van der Waals surface area (Å²) in [7, 11) is 0. The largest absolute Gasteiger partial charge is 0.367 e. The number of rotatable bonds is 13. The number of aromatic nitrogens is 4. The molecular formula is C50H38N8O2S2. The molecule has 4 N–H and O–H groups in total. The summed E-state index contributed by atoms with van der Waals surface area (Å²) in [5, 5.41) is 16.9. The van der Waals surface area contributed by atoms with E-state index < -0.39 is 0 Å². The van der Waals surface area contributed by atoms with Crippen molar-refractivity contribution in [2.75, 3.05) is 36.8 Å². The van der Waals surface area contributed by atoms with E-state index in [1.165, 1.54) is 23.1 Å². The number of amides is 2. The minimum atomic E-state index is -0.146. The van der Waals surface area contributed by atoms with Crippen molar-refractivity contribution in [1.29, 1.82) is 0 Å². The summed E-state index contributed by atoms with van der Waals surface area (Å²) < 4.78 is 11.3. The lowest BCUT2D eigenvalue weighted by molar-refractivity contribution is 0.0947. The van der Waals surface area contributed by atoms with Gasteiger partial charge in [0.15, 0.2) is 0 Å². The molecule has 0 spiro atoms. The van der Waals surface area contributed by atoms with Crippen molar-refractivity contribution >= 4 is 88.5 Å². The average molecular weight is 847 g/mol. The van der Waals surface area contributed by atoms with Crippen LogP contribution >= 0.6 is 23.1 Å². The topological polar surface area (TPSA) is 134 Å². The van der Waals surface area contributed by atoms with Gasteiger partial charge in [-0.1, -0.05) is 91.0 Å². The molecular weight excluding hydrogens is 809 g/mol. The van der Waals surface area contributed by atoms with E-state index in [4.69, 9.17) is 9.97 Å². The Balaban J connectivity index is 0.834. The van der Waals surface area contributed by atoms with Crippen LogP contribution < -0.4 is 21.3 Å². The van der Waals surface area contributed by atoms with Crippen LogP contribution in [0.3, 0.4) is 0 Å². The third-order valence-electron chi connectivity index (χ3n) is 10.8. The Morgan fingerprint density at radius 1 is 0.484 bits per heavy atom. The second kappa shape index (κ2) is 17.2. The lowest BCUT2D eigenvalue weighted by Crippen LogP contribution is -2.28. The Hall–Kier alpha value is -7.54. The molecule has 0 aliphatic heterocycles. The molecule has 0 bridgehead atoms. The van der Waals surface area contributed by atoms with Gasteiger partial charge in [0.05, 0.1) is 26.1 Å². The maximum atomic E-state index is 13.3. The molecule has 302 valence electrons. The third kappa shape index (κ3) is 7.92. The van der Waals surface area contributed by atoms with Gasteiger partial charge in [-0.05, 0) is 94.9 Å². The quantitative estimate of drug-likeness (QED) is 0.0843. The van der Waals surface area contributed by atoms with Crippen molar-refractivity contribution in [2.45, 2.75) is 0 Å². The molecule has 12 heteroatoms. The number of benzene rings is 6. The molecule has 4 aromatic heterocycles. The molecule has 0 radical (unpaired) electrons. The number of carbonyl (C=O) groups is 2. The fraction of sp³-hybridized carbons (Fsp3) is 0.0800.